The van der Waals surface area contributed by atoms with E-state index in [2.05, 4.69) is 9.98 Å². The van der Waals surface area contributed by atoms with Gasteiger partial charge in [-0.15, -0.1) is 0 Å². The Hall–Kier alpha value is -3.67. The number of hydrogen-bond donors (Lipinski definition) is 0. The number of oxazole rings is 1. The fourth-order valence-electron chi connectivity index (χ4n) is 2.88. The second kappa shape index (κ2) is 6.25. The first-order chi connectivity index (χ1) is 13.2. The molecular weight excluding hydrogens is 347 g/mol. The summed E-state index contributed by atoms with van der Waals surface area (Å²) in [5, 5.41) is 0. The van der Waals surface area contributed by atoms with Crippen molar-refractivity contribution in [3.8, 4) is 23.0 Å². The van der Waals surface area contributed by atoms with Gasteiger partial charge in [0.15, 0.2) is 17.1 Å². The summed E-state index contributed by atoms with van der Waals surface area (Å²) in [4.78, 5) is 8.93. The molecule has 1 aliphatic rings. The molecule has 0 radical (unpaired) electrons. The number of hydrogen-bond acceptors (Lipinski definition) is 5. The Morgan fingerprint density at radius 1 is 0.963 bits per heavy atom. The molecule has 0 saturated heterocycles. The van der Waals surface area contributed by atoms with Crippen LogP contribution in [0.5, 0.6) is 11.5 Å². The van der Waals surface area contributed by atoms with Crippen LogP contribution in [0.1, 0.15) is 5.56 Å². The van der Waals surface area contributed by atoms with E-state index in [0.29, 0.717) is 28.3 Å². The van der Waals surface area contributed by atoms with E-state index in [1.165, 1.54) is 12.1 Å². The summed E-state index contributed by atoms with van der Waals surface area (Å²) < 4.78 is 29.8. The topological polar surface area (TPSA) is 56.9 Å². The number of rotatable bonds is 3. The molecule has 5 rings (SSSR count). The Labute approximate surface area is 153 Å². The molecule has 0 spiro atoms. The zero-order chi connectivity index (χ0) is 18.2. The SMILES string of the molecule is Fc1cccc(-c2nc3cc(N=Cc4ccc5c(c4)OCO5)ccc3o2)c1. The first-order valence-corrected chi connectivity index (χ1v) is 8.35. The number of nitrogens with zero attached hydrogens (tertiary/aromatic N) is 2. The van der Waals surface area contributed by atoms with Gasteiger partial charge in [0.1, 0.15) is 11.3 Å². The Bertz CT molecular complexity index is 1180. The van der Waals surface area contributed by atoms with E-state index in [1.54, 1.807) is 24.4 Å². The van der Waals surface area contributed by atoms with Crippen molar-refractivity contribution in [1.29, 1.82) is 0 Å². The van der Waals surface area contributed by atoms with Gasteiger partial charge in [-0.1, -0.05) is 6.07 Å². The molecule has 0 saturated carbocycles. The van der Waals surface area contributed by atoms with Crippen LogP contribution in [0, 0.1) is 5.82 Å². The highest BCUT2D eigenvalue weighted by atomic mass is 19.1. The molecule has 0 unspecified atom stereocenters. The molecule has 0 atom stereocenters. The zero-order valence-corrected chi connectivity index (χ0v) is 14.1. The van der Waals surface area contributed by atoms with E-state index in [-0.39, 0.29) is 12.6 Å². The summed E-state index contributed by atoms with van der Waals surface area (Å²) in [7, 11) is 0. The third kappa shape index (κ3) is 3.01. The Kier molecular flexibility index (Phi) is 3.60. The van der Waals surface area contributed by atoms with Gasteiger partial charge < -0.3 is 13.9 Å². The number of fused-ring (bicyclic) bond motifs is 2. The van der Waals surface area contributed by atoms with Crippen LogP contribution in [0.2, 0.25) is 0 Å². The van der Waals surface area contributed by atoms with E-state index in [0.717, 1.165) is 17.0 Å². The smallest absolute Gasteiger partial charge is 0.231 e. The molecule has 6 heteroatoms. The normalized spacial score (nSPS) is 12.9. The van der Waals surface area contributed by atoms with Gasteiger partial charge in [-0.3, -0.25) is 4.99 Å². The van der Waals surface area contributed by atoms with Crippen molar-refractivity contribution >= 4 is 23.0 Å². The summed E-state index contributed by atoms with van der Waals surface area (Å²) in [6, 6.07) is 17.3. The van der Waals surface area contributed by atoms with Crippen molar-refractivity contribution < 1.29 is 18.3 Å². The average Bonchev–Trinajstić information content (AvgIpc) is 3.32. The molecule has 3 aromatic carbocycles. The minimum atomic E-state index is -0.330. The number of aliphatic imine (C=N–C) groups is 1. The summed E-state index contributed by atoms with van der Waals surface area (Å²) in [5.41, 5.74) is 3.52. The third-order valence-electron chi connectivity index (χ3n) is 4.20. The fraction of sp³-hybridized carbons (Fsp3) is 0.0476. The van der Waals surface area contributed by atoms with Gasteiger partial charge in [0.25, 0.3) is 0 Å². The minimum Gasteiger partial charge on any atom is -0.454 e. The van der Waals surface area contributed by atoms with Crippen LogP contribution >= 0.6 is 0 Å². The molecule has 0 N–H and O–H groups in total. The lowest BCUT2D eigenvalue weighted by atomic mass is 10.2. The highest BCUT2D eigenvalue weighted by Gasteiger charge is 2.12. The first kappa shape index (κ1) is 15.6. The highest BCUT2D eigenvalue weighted by molar-refractivity contribution is 5.85. The summed E-state index contributed by atoms with van der Waals surface area (Å²) in [5.74, 6) is 1.50. The van der Waals surface area contributed by atoms with Gasteiger partial charge in [-0.2, -0.15) is 0 Å². The van der Waals surface area contributed by atoms with Gasteiger partial charge in [0.05, 0.1) is 5.69 Å². The maximum Gasteiger partial charge on any atom is 0.231 e. The van der Waals surface area contributed by atoms with E-state index >= 15 is 0 Å². The van der Waals surface area contributed by atoms with Crippen molar-refractivity contribution in [3.63, 3.8) is 0 Å². The Balaban J connectivity index is 1.44. The molecule has 0 fully saturated rings. The van der Waals surface area contributed by atoms with Crippen LogP contribution in [0.15, 0.2) is 70.1 Å². The van der Waals surface area contributed by atoms with Crippen LogP contribution in [0.25, 0.3) is 22.6 Å². The number of benzene rings is 3. The van der Waals surface area contributed by atoms with Crippen LogP contribution < -0.4 is 9.47 Å². The van der Waals surface area contributed by atoms with Crippen molar-refractivity contribution in [2.45, 2.75) is 0 Å². The van der Waals surface area contributed by atoms with Gasteiger partial charge in [-0.05, 0) is 60.2 Å². The van der Waals surface area contributed by atoms with Gasteiger partial charge in [0, 0.05) is 11.8 Å². The quantitative estimate of drug-likeness (QED) is 0.476. The average molecular weight is 360 g/mol. The molecule has 2 heterocycles. The molecule has 1 aliphatic heterocycles. The summed E-state index contributed by atoms with van der Waals surface area (Å²) in [6.45, 7) is 0.242. The van der Waals surface area contributed by atoms with E-state index in [1.807, 2.05) is 30.3 Å². The van der Waals surface area contributed by atoms with Gasteiger partial charge in [0.2, 0.25) is 12.7 Å². The van der Waals surface area contributed by atoms with E-state index < -0.39 is 0 Å². The molecule has 132 valence electrons. The fourth-order valence-corrected chi connectivity index (χ4v) is 2.88. The van der Waals surface area contributed by atoms with E-state index in [9.17, 15) is 4.39 Å². The van der Waals surface area contributed by atoms with Crippen LogP contribution in [0.3, 0.4) is 0 Å². The second-order valence-corrected chi connectivity index (χ2v) is 6.05. The van der Waals surface area contributed by atoms with Gasteiger partial charge in [-0.25, -0.2) is 9.37 Å². The molecule has 0 bridgehead atoms. The Morgan fingerprint density at radius 2 is 1.89 bits per heavy atom. The summed E-state index contributed by atoms with van der Waals surface area (Å²) >= 11 is 0. The Morgan fingerprint density at radius 3 is 2.81 bits per heavy atom. The first-order valence-electron chi connectivity index (χ1n) is 8.35. The van der Waals surface area contributed by atoms with Crippen molar-refractivity contribution in [2.24, 2.45) is 4.99 Å². The lowest BCUT2D eigenvalue weighted by Crippen LogP contribution is -1.92. The maximum absolute atomic E-state index is 13.4. The molecule has 27 heavy (non-hydrogen) atoms. The maximum atomic E-state index is 13.4. The van der Waals surface area contributed by atoms with Crippen LogP contribution in [-0.2, 0) is 0 Å². The molecule has 0 amide bonds. The molecule has 5 nitrogen and oxygen atoms in total. The molecule has 1 aromatic heterocycles. The molecule has 0 aliphatic carbocycles. The highest BCUT2D eigenvalue weighted by Crippen LogP contribution is 2.32. The largest absolute Gasteiger partial charge is 0.454 e. The standard InChI is InChI=1S/C21H13FN2O3/c22-15-3-1-2-14(9-15)21-24-17-10-16(5-7-18(17)27-21)23-11-13-4-6-19-20(8-13)26-12-25-19/h1-11H,12H2. The summed E-state index contributed by atoms with van der Waals surface area (Å²) in [6.07, 6.45) is 1.75. The number of ether oxygens (including phenoxy) is 2. The molecular formula is C21H13FN2O3. The number of halogens is 1. The number of aromatic nitrogens is 1. The molecule has 4 aromatic rings. The van der Waals surface area contributed by atoms with Crippen LogP contribution in [0.4, 0.5) is 10.1 Å². The lowest BCUT2D eigenvalue weighted by Gasteiger charge is -1.97. The zero-order valence-electron chi connectivity index (χ0n) is 14.1. The van der Waals surface area contributed by atoms with Crippen LogP contribution in [-0.4, -0.2) is 18.0 Å². The lowest BCUT2D eigenvalue weighted by molar-refractivity contribution is 0.174. The predicted molar refractivity (Wildman–Crippen MR) is 99.2 cm³/mol. The van der Waals surface area contributed by atoms with Crippen molar-refractivity contribution in [3.05, 3.63) is 72.0 Å². The van der Waals surface area contributed by atoms with Gasteiger partial charge >= 0.3 is 0 Å². The second-order valence-electron chi connectivity index (χ2n) is 6.05. The van der Waals surface area contributed by atoms with E-state index in [4.69, 9.17) is 13.9 Å². The van der Waals surface area contributed by atoms with Crippen molar-refractivity contribution in [2.75, 3.05) is 6.79 Å². The third-order valence-corrected chi connectivity index (χ3v) is 4.20. The predicted octanol–water partition coefficient (Wildman–Crippen LogP) is 5.11. The monoisotopic (exact) mass is 360 g/mol. The van der Waals surface area contributed by atoms with Crippen molar-refractivity contribution in [1.82, 2.24) is 4.98 Å². The minimum absolute atomic E-state index is 0.242.